The standard InChI is InChI=1S/2C5H8O2.2ClH.Ti/c2*1-4(6)3-5(2)7;;;/h2*3,6H,1-2H3;2*1H;/q;;;;+4/p-4/b2*4-3-;;;. The van der Waals surface area contributed by atoms with E-state index in [0.717, 1.165) is 12.2 Å². The average Bonchev–Trinajstić information content (AvgIpc) is 1.79. The minimum absolute atomic E-state index is 0. The van der Waals surface area contributed by atoms with Crippen LogP contribution in [0.15, 0.2) is 23.7 Å². The Hall–Kier alpha value is -0.286. The third-order valence-corrected chi connectivity index (χ3v) is 0.813. The van der Waals surface area contributed by atoms with Crippen LogP contribution >= 0.6 is 0 Å². The fraction of sp³-hybridized carbons (Fsp3) is 0.400. The molecule has 0 heterocycles. The zero-order chi connectivity index (χ0) is 11.7. The van der Waals surface area contributed by atoms with E-state index in [9.17, 15) is 19.8 Å². The molecule has 0 aromatic heterocycles. The van der Waals surface area contributed by atoms with Crippen molar-refractivity contribution in [3.63, 3.8) is 0 Å². The molecule has 0 saturated carbocycles. The minimum Gasteiger partial charge on any atom is -1.00 e. The largest absolute Gasteiger partial charge is 4.00 e. The summed E-state index contributed by atoms with van der Waals surface area (Å²) in [5, 5.41) is 20.0. The predicted octanol–water partition coefficient (Wildman–Crippen LogP) is -6.32. The predicted molar refractivity (Wildman–Crippen MR) is 48.9 cm³/mol. The van der Waals surface area contributed by atoms with E-state index in [4.69, 9.17) is 0 Å². The van der Waals surface area contributed by atoms with E-state index in [2.05, 4.69) is 0 Å². The smallest absolute Gasteiger partial charge is 1.00 e. The van der Waals surface area contributed by atoms with Gasteiger partial charge >= 0.3 is 21.7 Å². The number of ketones is 2. The zero-order valence-electron chi connectivity index (χ0n) is 10.0. The molecule has 0 radical (unpaired) electrons. The maximum Gasteiger partial charge on any atom is 4.00 e. The number of hydrogen-bond acceptors (Lipinski definition) is 4. The first kappa shape index (κ1) is 30.1. The molecule has 96 valence electrons. The van der Waals surface area contributed by atoms with Gasteiger partial charge in [-0.1, -0.05) is 13.8 Å². The molecule has 0 aliphatic heterocycles. The van der Waals surface area contributed by atoms with Crippen molar-refractivity contribution in [3.8, 4) is 0 Å². The van der Waals surface area contributed by atoms with Crippen molar-refractivity contribution in [2.24, 2.45) is 0 Å². The van der Waals surface area contributed by atoms with Gasteiger partial charge in [0.15, 0.2) is 11.6 Å². The molecule has 0 atom stereocenters. The van der Waals surface area contributed by atoms with Gasteiger partial charge in [0.25, 0.3) is 0 Å². The fourth-order valence-corrected chi connectivity index (χ4v) is 0.572. The molecule has 0 aliphatic carbocycles. The second-order valence-corrected chi connectivity index (χ2v) is 2.73. The first-order valence-electron chi connectivity index (χ1n) is 3.97. The van der Waals surface area contributed by atoms with Gasteiger partial charge in [-0.25, -0.2) is 0 Å². The van der Waals surface area contributed by atoms with Gasteiger partial charge in [0.2, 0.25) is 0 Å². The van der Waals surface area contributed by atoms with Crippen LogP contribution in [0.3, 0.4) is 0 Å². The molecule has 0 bridgehead atoms. The normalized spacial score (nSPS) is 9.41. The van der Waals surface area contributed by atoms with Crippen molar-refractivity contribution >= 4 is 11.6 Å². The van der Waals surface area contributed by atoms with Gasteiger partial charge in [0.05, 0.1) is 0 Å². The molecular formula is C10H14Cl2O4Ti. The summed E-state index contributed by atoms with van der Waals surface area (Å²) in [6.07, 6.45) is 2.11. The van der Waals surface area contributed by atoms with Gasteiger partial charge in [-0.05, 0) is 26.0 Å². The Morgan fingerprint density at radius 3 is 0.941 bits per heavy atom. The Labute approximate surface area is 129 Å². The topological polar surface area (TPSA) is 80.3 Å². The first-order valence-corrected chi connectivity index (χ1v) is 3.97. The molecule has 0 amide bonds. The molecule has 0 rings (SSSR count). The molecule has 0 spiro atoms. The van der Waals surface area contributed by atoms with E-state index < -0.39 is 0 Å². The van der Waals surface area contributed by atoms with Crippen LogP contribution in [0, 0.1) is 0 Å². The van der Waals surface area contributed by atoms with Gasteiger partial charge in [0, 0.05) is 0 Å². The quantitative estimate of drug-likeness (QED) is 0.288. The van der Waals surface area contributed by atoms with Crippen LogP contribution in [0.5, 0.6) is 0 Å². The second-order valence-electron chi connectivity index (χ2n) is 2.73. The van der Waals surface area contributed by atoms with Gasteiger partial charge < -0.3 is 35.0 Å². The van der Waals surface area contributed by atoms with Gasteiger partial charge in [-0.15, -0.1) is 11.5 Å². The molecule has 0 N–H and O–H groups in total. The van der Waals surface area contributed by atoms with Crippen molar-refractivity contribution in [1.29, 1.82) is 0 Å². The van der Waals surface area contributed by atoms with E-state index in [1.165, 1.54) is 27.7 Å². The third kappa shape index (κ3) is 49.7. The number of hydrogen-bond donors (Lipinski definition) is 0. The maximum absolute atomic E-state index is 9.98. The molecule has 7 heteroatoms. The van der Waals surface area contributed by atoms with Crippen molar-refractivity contribution < 1.29 is 66.3 Å². The molecule has 4 nitrogen and oxygen atoms in total. The number of allylic oxidation sites excluding steroid dienone is 4. The van der Waals surface area contributed by atoms with Crippen LogP contribution in [-0.4, -0.2) is 11.6 Å². The summed E-state index contributed by atoms with van der Waals surface area (Å²) in [7, 11) is 0. The fourth-order valence-electron chi connectivity index (χ4n) is 0.572. The van der Waals surface area contributed by atoms with Crippen molar-refractivity contribution in [3.05, 3.63) is 23.7 Å². The zero-order valence-corrected chi connectivity index (χ0v) is 13.1. The first-order chi connectivity index (χ1) is 6.25. The van der Waals surface area contributed by atoms with Crippen molar-refractivity contribution in [2.75, 3.05) is 0 Å². The monoisotopic (exact) mass is 316 g/mol. The summed E-state index contributed by atoms with van der Waals surface area (Å²) in [5.74, 6) is -0.750. The SMILES string of the molecule is CC(=O)/C=C(/C)[O-].CC(=O)/C=C(/C)[O-].[Cl-].[Cl-].[Ti+4]. The van der Waals surface area contributed by atoms with E-state index in [1.54, 1.807) is 0 Å². The number of halogens is 2. The number of carbonyl (C=O) groups is 2. The summed E-state index contributed by atoms with van der Waals surface area (Å²) in [4.78, 5) is 20.0. The van der Waals surface area contributed by atoms with Crippen LogP contribution in [-0.2, 0) is 31.3 Å². The summed E-state index contributed by atoms with van der Waals surface area (Å²) in [5.41, 5.74) is 0. The van der Waals surface area contributed by atoms with E-state index in [1.807, 2.05) is 0 Å². The minimum atomic E-state index is -0.187. The molecule has 17 heavy (non-hydrogen) atoms. The average molecular weight is 317 g/mol. The van der Waals surface area contributed by atoms with Crippen molar-refractivity contribution in [2.45, 2.75) is 27.7 Å². The Balaban J connectivity index is -0.0000000480. The molecule has 0 unspecified atom stereocenters. The summed E-state index contributed by atoms with van der Waals surface area (Å²) in [6, 6.07) is 0. The van der Waals surface area contributed by atoms with Crippen molar-refractivity contribution in [1.82, 2.24) is 0 Å². The molecular weight excluding hydrogens is 303 g/mol. The Morgan fingerprint density at radius 1 is 0.765 bits per heavy atom. The van der Waals surface area contributed by atoms with Gasteiger partial charge in [0.1, 0.15) is 0 Å². The molecule has 0 fully saturated rings. The molecule has 0 aromatic carbocycles. The van der Waals surface area contributed by atoms with Gasteiger partial charge in [-0.3, -0.25) is 9.59 Å². The Bertz CT molecular complexity index is 239. The number of carbonyl (C=O) groups excluding carboxylic acids is 2. The van der Waals surface area contributed by atoms with E-state index >= 15 is 0 Å². The Morgan fingerprint density at radius 2 is 0.941 bits per heavy atom. The van der Waals surface area contributed by atoms with E-state index in [0.29, 0.717) is 0 Å². The second kappa shape index (κ2) is 18.1. The van der Waals surface area contributed by atoms with E-state index in [-0.39, 0.29) is 69.6 Å². The molecule has 0 saturated heterocycles. The summed E-state index contributed by atoms with van der Waals surface area (Å²) >= 11 is 0. The van der Waals surface area contributed by atoms with Crippen LogP contribution < -0.4 is 35.0 Å². The van der Waals surface area contributed by atoms with Crippen LogP contribution in [0.4, 0.5) is 0 Å². The van der Waals surface area contributed by atoms with Crippen LogP contribution in [0.1, 0.15) is 27.7 Å². The summed E-state index contributed by atoms with van der Waals surface area (Å²) in [6.45, 7) is 5.39. The Kier molecular flexibility index (Phi) is 32.0. The third-order valence-electron chi connectivity index (χ3n) is 0.813. The maximum atomic E-state index is 9.98. The number of rotatable bonds is 2. The molecule has 0 aromatic rings. The summed E-state index contributed by atoms with van der Waals surface area (Å²) < 4.78 is 0. The van der Waals surface area contributed by atoms with Crippen LogP contribution in [0.2, 0.25) is 0 Å². The van der Waals surface area contributed by atoms with Gasteiger partial charge in [-0.2, -0.15) is 0 Å². The van der Waals surface area contributed by atoms with Crippen LogP contribution in [0.25, 0.3) is 0 Å². The molecule has 0 aliphatic rings.